The van der Waals surface area contributed by atoms with Gasteiger partial charge in [-0.05, 0) is 40.3 Å². The minimum atomic E-state index is 0.677. The van der Waals surface area contributed by atoms with E-state index in [1.165, 1.54) is 0 Å². The van der Waals surface area contributed by atoms with Crippen molar-refractivity contribution in [1.82, 2.24) is 0 Å². The maximum absolute atomic E-state index is 9.04. The van der Waals surface area contributed by atoms with Gasteiger partial charge in [0.1, 0.15) is 0 Å². The molecule has 0 aliphatic heterocycles. The summed E-state index contributed by atoms with van der Waals surface area (Å²) in [5.74, 6) is 0. The average molecular weight is 284 g/mol. The summed E-state index contributed by atoms with van der Waals surface area (Å²) in [5, 5.41) is 17.5. The van der Waals surface area contributed by atoms with E-state index in [-0.39, 0.29) is 0 Å². The van der Waals surface area contributed by atoms with Crippen LogP contribution in [0.3, 0.4) is 0 Å². The monoisotopic (exact) mass is 283 g/mol. The van der Waals surface area contributed by atoms with Crippen LogP contribution >= 0.6 is 11.6 Å². The van der Waals surface area contributed by atoms with E-state index in [9.17, 15) is 0 Å². The molecule has 3 rings (SSSR count). The quantitative estimate of drug-likeness (QED) is 0.297. The van der Waals surface area contributed by atoms with E-state index in [1.54, 1.807) is 0 Å². The van der Waals surface area contributed by atoms with Crippen LogP contribution in [0.4, 0.5) is 0 Å². The first kappa shape index (κ1) is 12.9. The number of oxime groups is 1. The lowest BCUT2D eigenvalue weighted by molar-refractivity contribution is 0.318. The average Bonchev–Trinajstić information content (AvgIpc) is 2.49. The van der Waals surface area contributed by atoms with E-state index in [0.29, 0.717) is 12.1 Å². The van der Waals surface area contributed by atoms with Crippen LogP contribution in [0.5, 0.6) is 0 Å². The number of hydrogen-bond acceptors (Lipinski definition) is 2. The van der Waals surface area contributed by atoms with E-state index in [2.05, 4.69) is 17.3 Å². The summed E-state index contributed by atoms with van der Waals surface area (Å²) in [6.07, 6.45) is 0.684. The van der Waals surface area contributed by atoms with Crippen LogP contribution in [-0.2, 0) is 0 Å². The van der Waals surface area contributed by atoms with Crippen LogP contribution in [0.15, 0.2) is 53.7 Å². The molecule has 0 spiro atoms. The molecule has 0 saturated carbocycles. The summed E-state index contributed by atoms with van der Waals surface area (Å²) in [5.41, 5.74) is 1.60. The predicted octanol–water partition coefficient (Wildman–Crippen LogP) is 5.23. The molecule has 0 aliphatic rings. The van der Waals surface area contributed by atoms with Gasteiger partial charge in [0, 0.05) is 10.4 Å². The van der Waals surface area contributed by atoms with Gasteiger partial charge < -0.3 is 5.21 Å². The van der Waals surface area contributed by atoms with Crippen molar-refractivity contribution < 1.29 is 5.21 Å². The maximum Gasteiger partial charge on any atom is 0.0865 e. The van der Waals surface area contributed by atoms with Gasteiger partial charge in [-0.2, -0.15) is 0 Å². The molecule has 100 valence electrons. The molecule has 0 aromatic heterocycles. The van der Waals surface area contributed by atoms with Crippen LogP contribution in [-0.4, -0.2) is 10.9 Å². The number of nitrogens with zero attached hydrogens (tertiary/aromatic N) is 1. The van der Waals surface area contributed by atoms with Crippen molar-refractivity contribution >= 4 is 38.9 Å². The molecule has 0 fully saturated rings. The molecule has 20 heavy (non-hydrogen) atoms. The zero-order chi connectivity index (χ0) is 14.1. The highest BCUT2D eigenvalue weighted by atomic mass is 35.5. The third-order valence-corrected chi connectivity index (χ3v) is 3.91. The van der Waals surface area contributed by atoms with Gasteiger partial charge in [0.25, 0.3) is 0 Å². The molecule has 1 N–H and O–H groups in total. The fraction of sp³-hybridized carbons (Fsp3) is 0.118. The molecule has 0 aliphatic carbocycles. The number of benzene rings is 3. The number of halogens is 1. The fourth-order valence-corrected chi connectivity index (χ4v) is 2.86. The van der Waals surface area contributed by atoms with Gasteiger partial charge in [0.2, 0.25) is 0 Å². The Kier molecular flexibility index (Phi) is 3.33. The summed E-state index contributed by atoms with van der Waals surface area (Å²) in [7, 11) is 0. The minimum Gasteiger partial charge on any atom is -0.411 e. The highest BCUT2D eigenvalue weighted by Gasteiger charge is 2.07. The van der Waals surface area contributed by atoms with Crippen LogP contribution < -0.4 is 0 Å². The standard InChI is InChI=1S/C17H14ClNO/c1-2-17(19-20)11-7-8-13-12(9-11)10-16(18)15-6-4-3-5-14(13)15/h3-10,20H,2H2,1H3. The molecular weight excluding hydrogens is 270 g/mol. The zero-order valence-corrected chi connectivity index (χ0v) is 11.9. The van der Waals surface area contributed by atoms with Gasteiger partial charge in [-0.3, -0.25) is 0 Å². The lowest BCUT2D eigenvalue weighted by Crippen LogP contribution is -1.98. The summed E-state index contributed by atoms with van der Waals surface area (Å²) >= 11 is 6.36. The molecular formula is C17H14ClNO. The summed E-state index contributed by atoms with van der Waals surface area (Å²) < 4.78 is 0. The molecule has 2 nitrogen and oxygen atoms in total. The normalized spacial score (nSPS) is 12.2. The Morgan fingerprint density at radius 1 is 1.05 bits per heavy atom. The van der Waals surface area contributed by atoms with Gasteiger partial charge in [-0.25, -0.2) is 0 Å². The maximum atomic E-state index is 9.04. The van der Waals surface area contributed by atoms with Crippen molar-refractivity contribution in [2.75, 3.05) is 0 Å². The van der Waals surface area contributed by atoms with Crippen LogP contribution in [0, 0.1) is 0 Å². The predicted molar refractivity (Wildman–Crippen MR) is 85.1 cm³/mol. The van der Waals surface area contributed by atoms with Gasteiger partial charge in [0.05, 0.1) is 5.71 Å². The second-order valence-corrected chi connectivity index (χ2v) is 5.15. The van der Waals surface area contributed by atoms with Gasteiger partial charge in [0.15, 0.2) is 0 Å². The summed E-state index contributed by atoms with van der Waals surface area (Å²) in [6, 6.07) is 16.1. The number of rotatable bonds is 2. The van der Waals surface area contributed by atoms with Gasteiger partial charge in [-0.1, -0.05) is 60.1 Å². The first-order valence-corrected chi connectivity index (χ1v) is 6.94. The smallest absolute Gasteiger partial charge is 0.0865 e. The molecule has 0 amide bonds. The highest BCUT2D eigenvalue weighted by Crippen LogP contribution is 2.32. The second kappa shape index (κ2) is 5.14. The van der Waals surface area contributed by atoms with E-state index in [4.69, 9.17) is 16.8 Å². The van der Waals surface area contributed by atoms with Crippen LogP contribution in [0.2, 0.25) is 5.02 Å². The van der Waals surface area contributed by atoms with Gasteiger partial charge in [-0.15, -0.1) is 0 Å². The van der Waals surface area contributed by atoms with Crippen molar-refractivity contribution in [1.29, 1.82) is 0 Å². The number of hydrogen-bond donors (Lipinski definition) is 1. The Labute approximate surface area is 122 Å². The third-order valence-electron chi connectivity index (χ3n) is 3.60. The molecule has 3 aromatic carbocycles. The SMILES string of the molecule is CCC(=NO)c1ccc2c(c1)cc(Cl)c1ccccc12. The van der Waals surface area contributed by atoms with Crippen LogP contribution in [0.25, 0.3) is 21.5 Å². The molecule has 0 heterocycles. The molecule has 3 aromatic rings. The minimum absolute atomic E-state index is 0.677. The highest BCUT2D eigenvalue weighted by molar-refractivity contribution is 6.37. The second-order valence-electron chi connectivity index (χ2n) is 4.74. The van der Waals surface area contributed by atoms with Crippen molar-refractivity contribution in [3.63, 3.8) is 0 Å². The number of fused-ring (bicyclic) bond motifs is 3. The van der Waals surface area contributed by atoms with Crippen molar-refractivity contribution in [2.45, 2.75) is 13.3 Å². The molecule has 0 saturated heterocycles. The van der Waals surface area contributed by atoms with E-state index in [1.807, 2.05) is 43.3 Å². The first-order chi connectivity index (χ1) is 9.74. The summed E-state index contributed by atoms with van der Waals surface area (Å²) in [6.45, 7) is 1.96. The summed E-state index contributed by atoms with van der Waals surface area (Å²) in [4.78, 5) is 0. The van der Waals surface area contributed by atoms with E-state index < -0.39 is 0 Å². The lowest BCUT2D eigenvalue weighted by atomic mass is 9.98. The molecule has 0 bridgehead atoms. The lowest BCUT2D eigenvalue weighted by Gasteiger charge is -2.08. The Morgan fingerprint density at radius 3 is 2.50 bits per heavy atom. The fourth-order valence-electron chi connectivity index (χ4n) is 2.58. The van der Waals surface area contributed by atoms with Crippen molar-refractivity contribution in [2.24, 2.45) is 5.16 Å². The zero-order valence-electron chi connectivity index (χ0n) is 11.1. The van der Waals surface area contributed by atoms with E-state index in [0.717, 1.165) is 32.1 Å². The third kappa shape index (κ3) is 2.02. The molecule has 0 radical (unpaired) electrons. The van der Waals surface area contributed by atoms with Crippen LogP contribution in [0.1, 0.15) is 18.9 Å². The largest absolute Gasteiger partial charge is 0.411 e. The Bertz CT molecular complexity index is 824. The molecule has 0 atom stereocenters. The molecule has 3 heteroatoms. The molecule has 0 unspecified atom stereocenters. The van der Waals surface area contributed by atoms with Crippen molar-refractivity contribution in [3.05, 3.63) is 59.1 Å². The van der Waals surface area contributed by atoms with Crippen molar-refractivity contribution in [3.8, 4) is 0 Å². The Hall–Kier alpha value is -2.06. The van der Waals surface area contributed by atoms with E-state index >= 15 is 0 Å². The topological polar surface area (TPSA) is 32.6 Å². The first-order valence-electron chi connectivity index (χ1n) is 6.57. The Balaban J connectivity index is 2.34. The van der Waals surface area contributed by atoms with Gasteiger partial charge >= 0.3 is 0 Å². The Morgan fingerprint density at radius 2 is 1.80 bits per heavy atom.